The SMILES string of the molecule is COc1ccc(Cl)cc1C(=O)CCCCCN. The summed E-state index contributed by atoms with van der Waals surface area (Å²) in [4.78, 5) is 12.0. The first-order valence-corrected chi connectivity index (χ1v) is 6.13. The van der Waals surface area contributed by atoms with Crippen LogP contribution >= 0.6 is 11.6 Å². The molecule has 0 spiro atoms. The Labute approximate surface area is 107 Å². The van der Waals surface area contributed by atoms with Gasteiger partial charge in [-0.3, -0.25) is 4.79 Å². The van der Waals surface area contributed by atoms with Crippen molar-refractivity contribution in [2.75, 3.05) is 13.7 Å². The molecule has 0 saturated carbocycles. The van der Waals surface area contributed by atoms with Crippen LogP contribution < -0.4 is 10.5 Å². The molecule has 94 valence electrons. The van der Waals surface area contributed by atoms with Crippen molar-refractivity contribution in [2.45, 2.75) is 25.7 Å². The molecule has 0 aromatic heterocycles. The van der Waals surface area contributed by atoms with Crippen LogP contribution in [0.2, 0.25) is 5.02 Å². The first-order chi connectivity index (χ1) is 8.19. The lowest BCUT2D eigenvalue weighted by atomic mass is 10.0. The van der Waals surface area contributed by atoms with Gasteiger partial charge in [-0.25, -0.2) is 0 Å². The van der Waals surface area contributed by atoms with Crippen LogP contribution in [0.25, 0.3) is 0 Å². The standard InChI is InChI=1S/C13H18ClNO2/c1-17-13-7-6-10(14)9-11(13)12(16)5-3-2-4-8-15/h6-7,9H,2-5,8,15H2,1H3. The van der Waals surface area contributed by atoms with Gasteiger partial charge in [-0.2, -0.15) is 0 Å². The number of methoxy groups -OCH3 is 1. The summed E-state index contributed by atoms with van der Waals surface area (Å²) in [5.74, 6) is 0.652. The van der Waals surface area contributed by atoms with Crippen molar-refractivity contribution in [1.82, 2.24) is 0 Å². The number of Topliss-reactive ketones (excluding diaryl/α,β-unsaturated/α-hetero) is 1. The molecule has 0 unspecified atom stereocenters. The summed E-state index contributed by atoms with van der Waals surface area (Å²) in [6, 6.07) is 5.09. The lowest BCUT2D eigenvalue weighted by Crippen LogP contribution is -2.03. The minimum Gasteiger partial charge on any atom is -0.496 e. The second-order valence-electron chi connectivity index (χ2n) is 3.87. The highest BCUT2D eigenvalue weighted by atomic mass is 35.5. The van der Waals surface area contributed by atoms with Gasteiger partial charge in [0.1, 0.15) is 5.75 Å². The van der Waals surface area contributed by atoms with E-state index in [1.54, 1.807) is 25.3 Å². The van der Waals surface area contributed by atoms with Crippen molar-refractivity contribution in [3.63, 3.8) is 0 Å². The molecule has 1 aromatic rings. The van der Waals surface area contributed by atoms with E-state index < -0.39 is 0 Å². The van der Waals surface area contributed by atoms with E-state index >= 15 is 0 Å². The maximum Gasteiger partial charge on any atom is 0.166 e. The molecule has 1 rings (SSSR count). The smallest absolute Gasteiger partial charge is 0.166 e. The van der Waals surface area contributed by atoms with Crippen molar-refractivity contribution < 1.29 is 9.53 Å². The quantitative estimate of drug-likeness (QED) is 0.602. The molecule has 1 aromatic carbocycles. The Morgan fingerprint density at radius 1 is 1.35 bits per heavy atom. The van der Waals surface area contributed by atoms with E-state index in [0.717, 1.165) is 19.3 Å². The van der Waals surface area contributed by atoms with E-state index in [2.05, 4.69) is 0 Å². The Balaban J connectivity index is 2.64. The van der Waals surface area contributed by atoms with Crippen LogP contribution in [-0.4, -0.2) is 19.4 Å². The molecule has 17 heavy (non-hydrogen) atoms. The van der Waals surface area contributed by atoms with Gasteiger partial charge in [-0.15, -0.1) is 0 Å². The van der Waals surface area contributed by atoms with E-state index in [0.29, 0.717) is 29.3 Å². The third kappa shape index (κ3) is 4.36. The largest absolute Gasteiger partial charge is 0.496 e. The second kappa shape index (κ2) is 7.30. The number of hydrogen-bond donors (Lipinski definition) is 1. The number of ketones is 1. The molecule has 0 amide bonds. The van der Waals surface area contributed by atoms with Crippen molar-refractivity contribution in [3.8, 4) is 5.75 Å². The molecule has 0 fully saturated rings. The molecule has 0 radical (unpaired) electrons. The molecular weight excluding hydrogens is 238 g/mol. The van der Waals surface area contributed by atoms with E-state index in [4.69, 9.17) is 22.1 Å². The predicted molar refractivity (Wildman–Crippen MR) is 69.9 cm³/mol. The van der Waals surface area contributed by atoms with Crippen molar-refractivity contribution in [2.24, 2.45) is 5.73 Å². The van der Waals surface area contributed by atoms with Gasteiger partial charge in [0.05, 0.1) is 12.7 Å². The fourth-order valence-electron chi connectivity index (χ4n) is 1.64. The normalized spacial score (nSPS) is 10.3. The number of ether oxygens (including phenoxy) is 1. The summed E-state index contributed by atoms with van der Waals surface area (Å²) >= 11 is 5.88. The molecule has 0 aliphatic heterocycles. The Bertz CT molecular complexity index is 380. The van der Waals surface area contributed by atoms with Crippen molar-refractivity contribution in [1.29, 1.82) is 0 Å². The number of carbonyl (C=O) groups excluding carboxylic acids is 1. The van der Waals surface area contributed by atoms with Gasteiger partial charge in [-0.1, -0.05) is 18.0 Å². The van der Waals surface area contributed by atoms with Crippen LogP contribution in [-0.2, 0) is 0 Å². The Morgan fingerprint density at radius 2 is 2.12 bits per heavy atom. The second-order valence-corrected chi connectivity index (χ2v) is 4.30. The fraction of sp³-hybridized carbons (Fsp3) is 0.462. The highest BCUT2D eigenvalue weighted by Gasteiger charge is 2.12. The predicted octanol–water partition coefficient (Wildman–Crippen LogP) is 3.05. The molecule has 0 aliphatic rings. The maximum atomic E-state index is 12.0. The van der Waals surface area contributed by atoms with Crippen LogP contribution in [0.15, 0.2) is 18.2 Å². The van der Waals surface area contributed by atoms with Gasteiger partial charge in [0.25, 0.3) is 0 Å². The molecular formula is C13H18ClNO2. The highest BCUT2D eigenvalue weighted by Crippen LogP contribution is 2.24. The number of benzene rings is 1. The zero-order chi connectivity index (χ0) is 12.7. The highest BCUT2D eigenvalue weighted by molar-refractivity contribution is 6.31. The topological polar surface area (TPSA) is 52.3 Å². The van der Waals surface area contributed by atoms with Crippen LogP contribution in [0.1, 0.15) is 36.0 Å². The van der Waals surface area contributed by atoms with Gasteiger partial charge < -0.3 is 10.5 Å². The molecule has 4 heteroatoms. The number of halogens is 1. The van der Waals surface area contributed by atoms with Crippen molar-refractivity contribution >= 4 is 17.4 Å². The number of rotatable bonds is 7. The first-order valence-electron chi connectivity index (χ1n) is 5.76. The average molecular weight is 256 g/mol. The number of hydrogen-bond acceptors (Lipinski definition) is 3. The van der Waals surface area contributed by atoms with Crippen LogP contribution in [0.3, 0.4) is 0 Å². The summed E-state index contributed by atoms with van der Waals surface area (Å²) in [7, 11) is 1.55. The molecule has 0 bridgehead atoms. The minimum atomic E-state index is 0.0707. The lowest BCUT2D eigenvalue weighted by Gasteiger charge is -2.07. The van der Waals surface area contributed by atoms with Gasteiger partial charge in [0.15, 0.2) is 5.78 Å². The summed E-state index contributed by atoms with van der Waals surface area (Å²) in [6.07, 6.45) is 3.30. The van der Waals surface area contributed by atoms with Crippen LogP contribution in [0, 0.1) is 0 Å². The third-order valence-corrected chi connectivity index (χ3v) is 2.80. The van der Waals surface area contributed by atoms with E-state index in [9.17, 15) is 4.79 Å². The number of carbonyl (C=O) groups is 1. The van der Waals surface area contributed by atoms with Crippen LogP contribution in [0.4, 0.5) is 0 Å². The molecule has 0 heterocycles. The van der Waals surface area contributed by atoms with E-state index in [-0.39, 0.29) is 5.78 Å². The zero-order valence-electron chi connectivity index (χ0n) is 10.0. The summed E-state index contributed by atoms with van der Waals surface area (Å²) < 4.78 is 5.15. The number of unbranched alkanes of at least 4 members (excludes halogenated alkanes) is 2. The Morgan fingerprint density at radius 3 is 2.76 bits per heavy atom. The Kier molecular flexibility index (Phi) is 6.01. The molecule has 0 aliphatic carbocycles. The fourth-order valence-corrected chi connectivity index (χ4v) is 1.81. The van der Waals surface area contributed by atoms with Gasteiger partial charge in [0.2, 0.25) is 0 Å². The van der Waals surface area contributed by atoms with E-state index in [1.807, 2.05) is 0 Å². The van der Waals surface area contributed by atoms with Crippen LogP contribution in [0.5, 0.6) is 5.75 Å². The average Bonchev–Trinajstić information content (AvgIpc) is 2.34. The molecule has 0 atom stereocenters. The zero-order valence-corrected chi connectivity index (χ0v) is 10.8. The lowest BCUT2D eigenvalue weighted by molar-refractivity contribution is 0.0976. The number of nitrogens with two attached hydrogens (primary N) is 1. The molecule has 0 saturated heterocycles. The summed E-state index contributed by atoms with van der Waals surface area (Å²) in [5, 5.41) is 0.552. The molecule has 2 N–H and O–H groups in total. The van der Waals surface area contributed by atoms with Gasteiger partial charge in [-0.05, 0) is 37.6 Å². The van der Waals surface area contributed by atoms with Crippen molar-refractivity contribution in [3.05, 3.63) is 28.8 Å². The van der Waals surface area contributed by atoms with Gasteiger partial charge in [0, 0.05) is 11.4 Å². The summed E-state index contributed by atoms with van der Waals surface area (Å²) in [6.45, 7) is 0.675. The maximum absolute atomic E-state index is 12.0. The Hall–Kier alpha value is -1.06. The van der Waals surface area contributed by atoms with E-state index in [1.165, 1.54) is 0 Å². The first kappa shape index (κ1) is 14.0. The molecule has 3 nitrogen and oxygen atoms in total. The third-order valence-electron chi connectivity index (χ3n) is 2.57. The van der Waals surface area contributed by atoms with Gasteiger partial charge >= 0.3 is 0 Å². The minimum absolute atomic E-state index is 0.0707. The monoisotopic (exact) mass is 255 g/mol. The summed E-state index contributed by atoms with van der Waals surface area (Å²) in [5.41, 5.74) is 5.96.